The summed E-state index contributed by atoms with van der Waals surface area (Å²) in [5, 5.41) is 7.36. The third-order valence-corrected chi connectivity index (χ3v) is 4.19. The van der Waals surface area contributed by atoms with E-state index in [9.17, 15) is 0 Å². The average Bonchev–Trinajstić information content (AvgIpc) is 2.79. The van der Waals surface area contributed by atoms with Crippen LogP contribution in [-0.2, 0) is 11.3 Å². The fourth-order valence-corrected chi connectivity index (χ4v) is 3.03. The van der Waals surface area contributed by atoms with Gasteiger partial charge in [0.2, 0.25) is 0 Å². The molecule has 1 aromatic rings. The molecule has 1 saturated carbocycles. The van der Waals surface area contributed by atoms with Gasteiger partial charge in [0.1, 0.15) is 5.82 Å². The van der Waals surface area contributed by atoms with Crippen molar-refractivity contribution in [1.82, 2.24) is 14.8 Å². The molecule has 0 aliphatic heterocycles. The molecule has 1 aliphatic rings. The molecule has 1 atom stereocenters. The Morgan fingerprint density at radius 3 is 2.94 bits per heavy atom. The Morgan fingerprint density at radius 2 is 2.35 bits per heavy atom. The van der Waals surface area contributed by atoms with Crippen molar-refractivity contribution in [1.29, 1.82) is 0 Å². The Labute approximate surface area is 107 Å². The summed E-state index contributed by atoms with van der Waals surface area (Å²) in [6.07, 6.45) is 3.75. The number of rotatable bonds is 4. The van der Waals surface area contributed by atoms with E-state index in [2.05, 4.69) is 28.6 Å². The van der Waals surface area contributed by atoms with Crippen LogP contribution < -0.4 is 0 Å². The molecule has 0 amide bonds. The van der Waals surface area contributed by atoms with E-state index < -0.39 is 0 Å². The first-order chi connectivity index (χ1) is 8.06. The number of methoxy groups -OCH3 is 1. The number of nitrogens with one attached hydrogen (secondary N) is 1. The quantitative estimate of drug-likeness (QED) is 0.841. The van der Waals surface area contributed by atoms with Crippen LogP contribution in [0, 0.1) is 10.2 Å². The van der Waals surface area contributed by atoms with Gasteiger partial charge in [0.25, 0.3) is 0 Å². The fourth-order valence-electron chi connectivity index (χ4n) is 2.80. The van der Waals surface area contributed by atoms with Gasteiger partial charge in [0.15, 0.2) is 4.77 Å². The zero-order chi connectivity index (χ0) is 12.5. The molecule has 1 fully saturated rings. The van der Waals surface area contributed by atoms with Crippen molar-refractivity contribution in [2.75, 3.05) is 13.7 Å². The summed E-state index contributed by atoms with van der Waals surface area (Å²) in [6, 6.07) is 0. The minimum Gasteiger partial charge on any atom is -0.383 e. The van der Waals surface area contributed by atoms with Crippen LogP contribution in [0.15, 0.2) is 0 Å². The molecule has 96 valence electrons. The van der Waals surface area contributed by atoms with E-state index in [0.717, 1.165) is 12.4 Å². The van der Waals surface area contributed by atoms with Gasteiger partial charge in [-0.25, -0.2) is 0 Å². The van der Waals surface area contributed by atoms with E-state index in [1.807, 2.05) is 0 Å². The molecule has 1 N–H and O–H groups in total. The van der Waals surface area contributed by atoms with Crippen LogP contribution in [0.4, 0.5) is 0 Å². The summed E-state index contributed by atoms with van der Waals surface area (Å²) >= 11 is 5.29. The first-order valence-corrected chi connectivity index (χ1v) is 6.61. The summed E-state index contributed by atoms with van der Waals surface area (Å²) in [6.45, 7) is 6.11. The minimum absolute atomic E-state index is 0.325. The normalized spacial score (nSPS) is 23.1. The maximum atomic E-state index is 5.29. The summed E-state index contributed by atoms with van der Waals surface area (Å²) in [5.74, 6) is 1.61. The highest BCUT2D eigenvalue weighted by Crippen LogP contribution is 2.48. The van der Waals surface area contributed by atoms with Crippen LogP contribution in [0.25, 0.3) is 0 Å². The Hall–Kier alpha value is -0.680. The Kier molecular flexibility index (Phi) is 3.68. The summed E-state index contributed by atoms with van der Waals surface area (Å²) in [7, 11) is 1.71. The molecule has 0 bridgehead atoms. The summed E-state index contributed by atoms with van der Waals surface area (Å²) < 4.78 is 7.93. The zero-order valence-electron chi connectivity index (χ0n) is 10.8. The van der Waals surface area contributed by atoms with Crippen molar-refractivity contribution < 1.29 is 4.74 Å². The summed E-state index contributed by atoms with van der Waals surface area (Å²) in [5.41, 5.74) is 0.325. The number of hydrogen-bond acceptors (Lipinski definition) is 3. The molecule has 0 aromatic carbocycles. The monoisotopic (exact) mass is 255 g/mol. The molecule has 5 heteroatoms. The average molecular weight is 255 g/mol. The van der Waals surface area contributed by atoms with Crippen LogP contribution in [0.3, 0.4) is 0 Å². The second kappa shape index (κ2) is 4.90. The molecular weight excluding hydrogens is 234 g/mol. The van der Waals surface area contributed by atoms with Crippen molar-refractivity contribution in [3.63, 3.8) is 0 Å². The SMILES string of the molecule is COCCn1c(C2CCCC2(C)C)n[nH]c1=S. The molecule has 2 rings (SSSR count). The second-order valence-corrected chi connectivity index (χ2v) is 5.85. The van der Waals surface area contributed by atoms with Crippen LogP contribution in [0.2, 0.25) is 0 Å². The van der Waals surface area contributed by atoms with Crippen molar-refractivity contribution in [3.05, 3.63) is 10.6 Å². The van der Waals surface area contributed by atoms with E-state index >= 15 is 0 Å². The lowest BCUT2D eigenvalue weighted by atomic mass is 9.81. The van der Waals surface area contributed by atoms with Crippen LogP contribution in [-0.4, -0.2) is 28.5 Å². The number of aromatic amines is 1. The maximum absolute atomic E-state index is 5.29. The molecule has 1 aliphatic carbocycles. The molecule has 1 unspecified atom stereocenters. The van der Waals surface area contributed by atoms with E-state index in [-0.39, 0.29) is 0 Å². The molecular formula is C12H21N3OS. The lowest BCUT2D eigenvalue weighted by Gasteiger charge is -2.26. The first kappa shape index (κ1) is 12.8. The standard InChI is InChI=1S/C12H21N3OS/c1-12(2)6-4-5-9(12)10-13-14-11(17)15(10)7-8-16-3/h9H,4-8H2,1-3H3,(H,14,17). The molecule has 0 spiro atoms. The minimum atomic E-state index is 0.325. The van der Waals surface area contributed by atoms with E-state index in [1.165, 1.54) is 19.3 Å². The second-order valence-electron chi connectivity index (χ2n) is 5.46. The predicted octanol–water partition coefficient (Wildman–Crippen LogP) is 2.88. The van der Waals surface area contributed by atoms with Gasteiger partial charge in [-0.05, 0) is 30.5 Å². The predicted molar refractivity (Wildman–Crippen MR) is 69.7 cm³/mol. The van der Waals surface area contributed by atoms with Crippen LogP contribution in [0.1, 0.15) is 44.9 Å². The molecule has 1 heterocycles. The lowest BCUT2D eigenvalue weighted by molar-refractivity contribution is 0.184. The van der Waals surface area contributed by atoms with Crippen LogP contribution in [0.5, 0.6) is 0 Å². The molecule has 0 radical (unpaired) electrons. The highest BCUT2D eigenvalue weighted by Gasteiger charge is 2.38. The zero-order valence-corrected chi connectivity index (χ0v) is 11.6. The maximum Gasteiger partial charge on any atom is 0.195 e. The number of hydrogen-bond donors (Lipinski definition) is 1. The molecule has 0 saturated heterocycles. The van der Waals surface area contributed by atoms with Crippen molar-refractivity contribution in [2.24, 2.45) is 5.41 Å². The van der Waals surface area contributed by atoms with E-state index in [0.29, 0.717) is 22.7 Å². The van der Waals surface area contributed by atoms with Gasteiger partial charge in [-0.2, -0.15) is 5.10 Å². The van der Waals surface area contributed by atoms with Gasteiger partial charge in [-0.3, -0.25) is 5.10 Å². The van der Waals surface area contributed by atoms with Gasteiger partial charge in [0, 0.05) is 19.6 Å². The third kappa shape index (κ3) is 2.45. The number of H-pyrrole nitrogens is 1. The largest absolute Gasteiger partial charge is 0.383 e. The van der Waals surface area contributed by atoms with Crippen molar-refractivity contribution in [3.8, 4) is 0 Å². The third-order valence-electron chi connectivity index (χ3n) is 3.88. The topological polar surface area (TPSA) is 42.8 Å². The fraction of sp³-hybridized carbons (Fsp3) is 0.833. The van der Waals surface area contributed by atoms with Crippen molar-refractivity contribution >= 4 is 12.2 Å². The molecule has 4 nitrogen and oxygen atoms in total. The highest BCUT2D eigenvalue weighted by molar-refractivity contribution is 7.71. The Balaban J connectivity index is 2.29. The Morgan fingerprint density at radius 1 is 1.59 bits per heavy atom. The summed E-state index contributed by atoms with van der Waals surface area (Å²) in [4.78, 5) is 0. The van der Waals surface area contributed by atoms with Crippen molar-refractivity contribution in [2.45, 2.75) is 45.6 Å². The van der Waals surface area contributed by atoms with E-state index in [1.54, 1.807) is 7.11 Å². The van der Waals surface area contributed by atoms with Gasteiger partial charge in [-0.1, -0.05) is 20.3 Å². The van der Waals surface area contributed by atoms with Gasteiger partial charge >= 0.3 is 0 Å². The molecule has 1 aromatic heterocycles. The number of nitrogens with zero attached hydrogens (tertiary/aromatic N) is 2. The highest BCUT2D eigenvalue weighted by atomic mass is 32.1. The first-order valence-electron chi connectivity index (χ1n) is 6.20. The van der Waals surface area contributed by atoms with Gasteiger partial charge in [0.05, 0.1) is 6.61 Å². The van der Waals surface area contributed by atoms with E-state index in [4.69, 9.17) is 17.0 Å². The van der Waals surface area contributed by atoms with Crippen LogP contribution >= 0.6 is 12.2 Å². The van der Waals surface area contributed by atoms with Gasteiger partial charge < -0.3 is 9.30 Å². The number of ether oxygens (including phenoxy) is 1. The Bertz CT molecular complexity index is 435. The van der Waals surface area contributed by atoms with Gasteiger partial charge in [-0.15, -0.1) is 0 Å². The molecule has 17 heavy (non-hydrogen) atoms. The lowest BCUT2D eigenvalue weighted by Crippen LogP contribution is -2.20. The number of aromatic nitrogens is 3. The smallest absolute Gasteiger partial charge is 0.195 e.